The van der Waals surface area contributed by atoms with Crippen molar-refractivity contribution >= 4 is 16.7 Å². The number of ether oxygens (including phenoxy) is 1. The maximum Gasteiger partial charge on any atom is 0.203 e. The van der Waals surface area contributed by atoms with E-state index in [1.807, 2.05) is 24.3 Å². The molecule has 1 heterocycles. The fraction of sp³-hybridized carbons (Fsp3) is 0.345. The van der Waals surface area contributed by atoms with Crippen LogP contribution in [0.1, 0.15) is 39.5 Å². The Labute approximate surface area is 201 Å². The second kappa shape index (κ2) is 10.4. The van der Waals surface area contributed by atoms with E-state index in [-0.39, 0.29) is 0 Å². The van der Waals surface area contributed by atoms with Crippen molar-refractivity contribution in [2.45, 2.75) is 34.0 Å². The van der Waals surface area contributed by atoms with Gasteiger partial charge in [0.1, 0.15) is 24.4 Å². The van der Waals surface area contributed by atoms with Crippen molar-refractivity contribution in [2.24, 2.45) is 0 Å². The zero-order valence-electron chi connectivity index (χ0n) is 20.8. The van der Waals surface area contributed by atoms with Gasteiger partial charge in [-0.25, -0.2) is 4.58 Å². The van der Waals surface area contributed by atoms with Crippen LogP contribution in [0, 0.1) is 0 Å². The first-order chi connectivity index (χ1) is 16.6. The smallest absolute Gasteiger partial charge is 0.203 e. The summed E-state index contributed by atoms with van der Waals surface area (Å²) >= 11 is 0. The van der Waals surface area contributed by atoms with E-state index in [1.165, 1.54) is 7.11 Å². The Balaban J connectivity index is 2.12. The highest BCUT2D eigenvalue weighted by molar-refractivity contribution is 6.03. The molecule has 1 aliphatic heterocycles. The lowest BCUT2D eigenvalue weighted by Gasteiger charge is -2.23. The molecule has 34 heavy (non-hydrogen) atoms. The number of fused-ring (bicyclic) bond motifs is 2. The molecule has 2 aromatic carbocycles. The quantitative estimate of drug-likeness (QED) is 0.215. The number of rotatable bonds is 8. The van der Waals surface area contributed by atoms with Crippen LogP contribution in [-0.2, 0) is 4.74 Å². The summed E-state index contributed by atoms with van der Waals surface area (Å²) in [5.41, 5.74) is 5.69. The van der Waals surface area contributed by atoms with E-state index in [0.717, 1.165) is 76.2 Å². The summed E-state index contributed by atoms with van der Waals surface area (Å²) in [6.45, 7) is 12.4. The monoisotopic (exact) mass is 459 g/mol. The fourth-order valence-corrected chi connectivity index (χ4v) is 4.80. The molecule has 2 aliphatic rings. The van der Waals surface area contributed by atoms with Gasteiger partial charge in [0.25, 0.3) is 0 Å². The molecule has 1 N–H and O–H groups in total. The third kappa shape index (κ3) is 4.33. The maximum atomic E-state index is 10.6. The van der Waals surface area contributed by atoms with E-state index in [1.54, 1.807) is 0 Å². The highest BCUT2D eigenvalue weighted by Gasteiger charge is 2.22. The van der Waals surface area contributed by atoms with E-state index in [0.29, 0.717) is 0 Å². The Morgan fingerprint density at radius 3 is 2.32 bits per heavy atom. The summed E-state index contributed by atoms with van der Waals surface area (Å²) in [5, 5.41) is 12.8. The van der Waals surface area contributed by atoms with Crippen LogP contribution in [0.3, 0.4) is 0 Å². The van der Waals surface area contributed by atoms with Gasteiger partial charge in [0.2, 0.25) is 5.36 Å². The predicted octanol–water partition coefficient (Wildman–Crippen LogP) is 5.50. The molecule has 0 radical (unpaired) electrons. The molecular formula is C29H35N2O3+. The highest BCUT2D eigenvalue weighted by atomic mass is 16.6. The van der Waals surface area contributed by atoms with E-state index < -0.39 is 6.29 Å². The third-order valence-corrected chi connectivity index (χ3v) is 6.67. The van der Waals surface area contributed by atoms with Crippen molar-refractivity contribution in [3.63, 3.8) is 0 Å². The fourth-order valence-electron chi connectivity index (χ4n) is 4.80. The van der Waals surface area contributed by atoms with Gasteiger partial charge in [0.05, 0.1) is 6.07 Å². The lowest BCUT2D eigenvalue weighted by atomic mass is 9.90. The summed E-state index contributed by atoms with van der Waals surface area (Å²) in [4.78, 5) is 2.31. The largest absolute Gasteiger partial charge is 0.456 e. The van der Waals surface area contributed by atoms with Crippen LogP contribution in [-0.4, -0.2) is 38.4 Å². The number of benzene rings is 3. The molecule has 5 heteroatoms. The number of methoxy groups -OCH3 is 1. The van der Waals surface area contributed by atoms with Gasteiger partial charge in [0.15, 0.2) is 6.29 Å². The third-order valence-electron chi connectivity index (χ3n) is 6.67. The Morgan fingerprint density at radius 1 is 0.912 bits per heavy atom. The Hall–Kier alpha value is -3.15. The SMILES string of the molecule is CCN(CC)c1ccc2c(-c3ccccc3C(O)OC)c3ccc(=[N+](CC)CC)cc-3oc2c1. The Kier molecular flexibility index (Phi) is 7.35. The zero-order chi connectivity index (χ0) is 24.2. The van der Waals surface area contributed by atoms with Crippen LogP contribution in [0.4, 0.5) is 5.69 Å². The topological polar surface area (TPSA) is 48.9 Å². The number of aliphatic hydroxyl groups is 1. The first kappa shape index (κ1) is 24.0. The molecule has 0 aromatic heterocycles. The van der Waals surface area contributed by atoms with E-state index in [2.05, 4.69) is 73.6 Å². The van der Waals surface area contributed by atoms with Crippen molar-refractivity contribution in [1.29, 1.82) is 0 Å². The summed E-state index contributed by atoms with van der Waals surface area (Å²) in [6.07, 6.45) is -1.01. The minimum absolute atomic E-state index is 0.736. The van der Waals surface area contributed by atoms with Crippen LogP contribution in [0.15, 0.2) is 65.1 Å². The second-order valence-corrected chi connectivity index (χ2v) is 8.36. The van der Waals surface area contributed by atoms with Crippen molar-refractivity contribution < 1.29 is 14.3 Å². The minimum Gasteiger partial charge on any atom is -0.456 e. The highest BCUT2D eigenvalue weighted by Crippen LogP contribution is 2.43. The Bertz CT molecular complexity index is 1310. The molecule has 1 atom stereocenters. The van der Waals surface area contributed by atoms with Gasteiger partial charge in [0, 0.05) is 60.1 Å². The summed E-state index contributed by atoms with van der Waals surface area (Å²) in [5.74, 6) is 0.824. The summed E-state index contributed by atoms with van der Waals surface area (Å²) in [7, 11) is 1.52. The first-order valence-electron chi connectivity index (χ1n) is 12.2. The van der Waals surface area contributed by atoms with Gasteiger partial charge < -0.3 is 19.2 Å². The number of hydrogen-bond acceptors (Lipinski definition) is 4. The zero-order valence-corrected chi connectivity index (χ0v) is 20.8. The van der Waals surface area contributed by atoms with Crippen LogP contribution < -0.4 is 14.8 Å². The Morgan fingerprint density at radius 2 is 1.65 bits per heavy atom. The van der Waals surface area contributed by atoms with Crippen molar-refractivity contribution in [1.82, 2.24) is 4.58 Å². The molecule has 0 fully saturated rings. The molecular weight excluding hydrogens is 424 g/mol. The van der Waals surface area contributed by atoms with Crippen LogP contribution >= 0.6 is 0 Å². The number of aliphatic hydroxyl groups excluding tert-OH is 1. The molecule has 178 valence electrons. The van der Waals surface area contributed by atoms with E-state index in [9.17, 15) is 5.11 Å². The van der Waals surface area contributed by atoms with Crippen LogP contribution in [0.2, 0.25) is 0 Å². The molecule has 5 nitrogen and oxygen atoms in total. The molecule has 0 bridgehead atoms. The molecule has 1 aliphatic carbocycles. The molecule has 0 amide bonds. The standard InChI is InChI=1S/C29H35N2O3/c1-6-30(7-2)20-14-16-24-26(18-20)34-27-19-21(31(8-3)9-4)15-17-25(27)28(24)22-12-10-11-13-23(22)29(32)33-5/h10-19,29,32H,6-9H2,1-5H3/q+1. The summed E-state index contributed by atoms with van der Waals surface area (Å²) in [6, 6.07) is 20.7. The van der Waals surface area contributed by atoms with Gasteiger partial charge in [-0.3, -0.25) is 0 Å². The van der Waals surface area contributed by atoms with Crippen molar-refractivity contribution in [3.05, 3.63) is 71.6 Å². The van der Waals surface area contributed by atoms with E-state index >= 15 is 0 Å². The number of anilines is 1. The normalized spacial score (nSPS) is 12.3. The van der Waals surface area contributed by atoms with Gasteiger partial charge in [-0.2, -0.15) is 0 Å². The molecule has 1 unspecified atom stereocenters. The van der Waals surface area contributed by atoms with Gasteiger partial charge in [-0.1, -0.05) is 24.3 Å². The van der Waals surface area contributed by atoms with Crippen molar-refractivity contribution in [3.8, 4) is 22.5 Å². The average Bonchev–Trinajstić information content (AvgIpc) is 2.88. The second-order valence-electron chi connectivity index (χ2n) is 8.36. The molecule has 4 rings (SSSR count). The lowest BCUT2D eigenvalue weighted by molar-refractivity contribution is -0.0765. The minimum atomic E-state index is -1.01. The van der Waals surface area contributed by atoms with Gasteiger partial charge in [-0.15, -0.1) is 0 Å². The molecule has 0 saturated carbocycles. The lowest BCUT2D eigenvalue weighted by Crippen LogP contribution is -2.29. The van der Waals surface area contributed by atoms with Gasteiger partial charge >= 0.3 is 0 Å². The molecule has 0 saturated heterocycles. The molecule has 0 spiro atoms. The van der Waals surface area contributed by atoms with Crippen LogP contribution in [0.5, 0.6) is 0 Å². The predicted molar refractivity (Wildman–Crippen MR) is 140 cm³/mol. The number of hydrogen-bond donors (Lipinski definition) is 1. The molecule has 2 aromatic rings. The summed E-state index contributed by atoms with van der Waals surface area (Å²) < 4.78 is 14.2. The van der Waals surface area contributed by atoms with Gasteiger partial charge in [-0.05, 0) is 51.5 Å². The number of nitrogens with zero attached hydrogens (tertiary/aromatic N) is 2. The van der Waals surface area contributed by atoms with E-state index in [4.69, 9.17) is 9.15 Å². The maximum absolute atomic E-state index is 10.6. The first-order valence-corrected chi connectivity index (χ1v) is 12.2. The average molecular weight is 460 g/mol. The van der Waals surface area contributed by atoms with Crippen molar-refractivity contribution in [2.75, 3.05) is 38.2 Å². The van der Waals surface area contributed by atoms with Crippen LogP contribution in [0.25, 0.3) is 33.4 Å².